The van der Waals surface area contributed by atoms with Crippen LogP contribution in [0.25, 0.3) is 32.0 Å². The van der Waals surface area contributed by atoms with E-state index in [1.807, 2.05) is 30.3 Å². The van der Waals surface area contributed by atoms with Gasteiger partial charge in [-0.1, -0.05) is 41.7 Å². The molecule has 0 unspecified atom stereocenters. The number of ether oxygens (including phenoxy) is 2. The molecule has 0 N–H and O–H groups in total. The van der Waals surface area contributed by atoms with Crippen LogP contribution in [0, 0.1) is 0 Å². The maximum atomic E-state index is 13.2. The third-order valence-electron chi connectivity index (χ3n) is 5.69. The second-order valence-electron chi connectivity index (χ2n) is 7.78. The van der Waals surface area contributed by atoms with E-state index in [2.05, 4.69) is 4.99 Å². The second kappa shape index (κ2) is 9.23. The molecule has 0 saturated heterocycles. The summed E-state index contributed by atoms with van der Waals surface area (Å²) >= 11 is 1.08. The largest absolute Gasteiger partial charge is 0.468 e. The van der Waals surface area contributed by atoms with Crippen LogP contribution in [-0.4, -0.2) is 36.6 Å². The number of esters is 2. The van der Waals surface area contributed by atoms with E-state index in [0.29, 0.717) is 26.7 Å². The molecular weight excluding hydrogens is 484 g/mol. The average Bonchev–Trinajstić information content (AvgIpc) is 3.22. The van der Waals surface area contributed by atoms with E-state index in [4.69, 9.17) is 13.9 Å². The quantitative estimate of drug-likeness (QED) is 0.209. The number of hydrogen-bond donors (Lipinski definition) is 0. The zero-order valence-corrected chi connectivity index (χ0v) is 20.0. The molecule has 0 aliphatic carbocycles. The average molecular weight is 503 g/mol. The van der Waals surface area contributed by atoms with Crippen LogP contribution in [0.2, 0.25) is 0 Å². The Morgan fingerprint density at radius 1 is 0.972 bits per heavy atom. The van der Waals surface area contributed by atoms with Gasteiger partial charge < -0.3 is 18.5 Å². The molecule has 10 heteroatoms. The zero-order valence-electron chi connectivity index (χ0n) is 19.1. The van der Waals surface area contributed by atoms with Gasteiger partial charge >= 0.3 is 17.6 Å². The second-order valence-corrected chi connectivity index (χ2v) is 8.79. The molecule has 0 atom stereocenters. The first kappa shape index (κ1) is 23.2. The topological polar surface area (TPSA) is 117 Å². The first-order valence-corrected chi connectivity index (χ1v) is 11.5. The lowest BCUT2D eigenvalue weighted by molar-refractivity contribution is -0.141. The number of thiazole rings is 1. The highest BCUT2D eigenvalue weighted by Crippen LogP contribution is 2.25. The van der Waals surface area contributed by atoms with Crippen LogP contribution < -0.4 is 10.4 Å². The van der Waals surface area contributed by atoms with Gasteiger partial charge in [0.25, 0.3) is 5.91 Å². The number of aromatic nitrogens is 1. The number of amides is 1. The first-order chi connectivity index (χ1) is 17.4. The Labute approximate surface area is 206 Å². The van der Waals surface area contributed by atoms with Crippen molar-refractivity contribution >= 4 is 61.1 Å². The van der Waals surface area contributed by atoms with E-state index in [-0.39, 0.29) is 16.9 Å². The van der Waals surface area contributed by atoms with E-state index in [9.17, 15) is 19.2 Å². The molecule has 1 amide bonds. The lowest BCUT2D eigenvalue weighted by Gasteiger charge is -2.05. The number of hydrogen-bond acceptors (Lipinski definition) is 8. The lowest BCUT2D eigenvalue weighted by atomic mass is 10.0. The highest BCUT2D eigenvalue weighted by Gasteiger charge is 2.18. The Hall–Kier alpha value is -4.57. The van der Waals surface area contributed by atoms with E-state index < -0.39 is 23.5 Å². The Balaban J connectivity index is 1.69. The molecule has 5 aromatic rings. The minimum absolute atomic E-state index is 0.153. The molecule has 0 spiro atoms. The SMILES string of the molecule is COC(=O)Cn1c(=NC(=O)c2cc3c(ccc4ccccc43)oc2=O)sc2cc(C(=O)OC)ccc21. The van der Waals surface area contributed by atoms with E-state index in [1.165, 1.54) is 24.9 Å². The van der Waals surface area contributed by atoms with E-state index in [1.54, 1.807) is 24.3 Å². The molecule has 180 valence electrons. The monoisotopic (exact) mass is 502 g/mol. The maximum Gasteiger partial charge on any atom is 0.349 e. The van der Waals surface area contributed by atoms with Crippen LogP contribution in [-0.2, 0) is 20.8 Å². The van der Waals surface area contributed by atoms with Crippen molar-refractivity contribution in [3.63, 3.8) is 0 Å². The molecular formula is C26H18N2O7S. The van der Waals surface area contributed by atoms with Gasteiger partial charge in [-0.15, -0.1) is 0 Å². The summed E-state index contributed by atoms with van der Waals surface area (Å²) in [6, 6.07) is 17.3. The van der Waals surface area contributed by atoms with Gasteiger partial charge in [-0.05, 0) is 41.1 Å². The van der Waals surface area contributed by atoms with Crippen LogP contribution in [0.15, 0.2) is 74.9 Å². The van der Waals surface area contributed by atoms with Crippen LogP contribution in [0.4, 0.5) is 0 Å². The Morgan fingerprint density at radius 3 is 2.56 bits per heavy atom. The summed E-state index contributed by atoms with van der Waals surface area (Å²) in [6.45, 7) is -0.225. The van der Waals surface area contributed by atoms with E-state index >= 15 is 0 Å². The summed E-state index contributed by atoms with van der Waals surface area (Å²) < 4.78 is 17.0. The minimum Gasteiger partial charge on any atom is -0.468 e. The smallest absolute Gasteiger partial charge is 0.349 e. The molecule has 0 bridgehead atoms. The predicted molar refractivity (Wildman–Crippen MR) is 133 cm³/mol. The van der Waals surface area contributed by atoms with Crippen molar-refractivity contribution in [3.05, 3.63) is 87.0 Å². The Bertz CT molecular complexity index is 1830. The fourth-order valence-corrected chi connectivity index (χ4v) is 4.98. The molecule has 0 radical (unpaired) electrons. The Morgan fingerprint density at radius 2 is 1.78 bits per heavy atom. The molecule has 0 fully saturated rings. The fraction of sp³-hybridized carbons (Fsp3) is 0.115. The molecule has 0 aliphatic heterocycles. The molecule has 2 aromatic heterocycles. The minimum atomic E-state index is -0.822. The number of benzene rings is 3. The lowest BCUT2D eigenvalue weighted by Crippen LogP contribution is -2.23. The van der Waals surface area contributed by atoms with Crippen LogP contribution in [0.1, 0.15) is 20.7 Å². The van der Waals surface area contributed by atoms with Gasteiger partial charge in [0.05, 0.1) is 30.0 Å². The number of nitrogens with zero attached hydrogens (tertiary/aromatic N) is 2. The van der Waals surface area contributed by atoms with Crippen molar-refractivity contribution in [1.29, 1.82) is 0 Å². The summed E-state index contributed by atoms with van der Waals surface area (Å²) in [5.74, 6) is -1.91. The summed E-state index contributed by atoms with van der Waals surface area (Å²) in [4.78, 5) is 54.2. The van der Waals surface area contributed by atoms with Crippen LogP contribution in [0.5, 0.6) is 0 Å². The van der Waals surface area contributed by atoms with Crippen molar-refractivity contribution in [2.24, 2.45) is 4.99 Å². The maximum absolute atomic E-state index is 13.2. The fourth-order valence-electron chi connectivity index (χ4n) is 3.92. The highest BCUT2D eigenvalue weighted by molar-refractivity contribution is 7.16. The number of rotatable bonds is 4. The van der Waals surface area contributed by atoms with Crippen molar-refractivity contribution in [2.75, 3.05) is 14.2 Å². The zero-order chi connectivity index (χ0) is 25.4. The molecule has 9 nitrogen and oxygen atoms in total. The third kappa shape index (κ3) is 4.07. The molecule has 0 saturated carbocycles. The number of carbonyl (C=O) groups is 3. The third-order valence-corrected chi connectivity index (χ3v) is 6.73. The van der Waals surface area contributed by atoms with Crippen molar-refractivity contribution in [2.45, 2.75) is 6.54 Å². The first-order valence-electron chi connectivity index (χ1n) is 10.7. The number of fused-ring (bicyclic) bond motifs is 4. The Kier molecular flexibility index (Phi) is 5.95. The van der Waals surface area contributed by atoms with Crippen molar-refractivity contribution < 1.29 is 28.3 Å². The van der Waals surface area contributed by atoms with E-state index in [0.717, 1.165) is 22.1 Å². The summed E-state index contributed by atoms with van der Waals surface area (Å²) in [5, 5.41) is 2.36. The molecule has 36 heavy (non-hydrogen) atoms. The molecule has 3 aromatic carbocycles. The standard InChI is InChI=1S/C26H18N2O7S/c1-33-22(29)13-28-19-9-7-15(24(31)34-2)11-21(19)36-26(28)27-23(30)18-12-17-16-6-4-3-5-14(16)8-10-20(17)35-25(18)32/h3-12H,13H2,1-2H3. The molecule has 2 heterocycles. The van der Waals surface area contributed by atoms with Gasteiger partial charge in [0.15, 0.2) is 4.80 Å². The van der Waals surface area contributed by atoms with Crippen molar-refractivity contribution in [1.82, 2.24) is 4.57 Å². The van der Waals surface area contributed by atoms with Gasteiger partial charge in [0.2, 0.25) is 0 Å². The predicted octanol–water partition coefficient (Wildman–Crippen LogP) is 3.66. The van der Waals surface area contributed by atoms with Crippen molar-refractivity contribution in [3.8, 4) is 0 Å². The van der Waals surface area contributed by atoms with Gasteiger partial charge in [0, 0.05) is 5.39 Å². The highest BCUT2D eigenvalue weighted by atomic mass is 32.1. The summed E-state index contributed by atoms with van der Waals surface area (Å²) in [5.41, 5.74) is 0.155. The normalized spacial score (nSPS) is 11.8. The van der Waals surface area contributed by atoms with Gasteiger partial charge in [-0.3, -0.25) is 9.59 Å². The van der Waals surface area contributed by atoms with Crippen LogP contribution in [0.3, 0.4) is 0 Å². The summed E-state index contributed by atoms with van der Waals surface area (Å²) in [7, 11) is 2.52. The van der Waals surface area contributed by atoms with Gasteiger partial charge in [-0.25, -0.2) is 9.59 Å². The molecule has 5 rings (SSSR count). The molecule has 0 aliphatic rings. The van der Waals surface area contributed by atoms with Gasteiger partial charge in [-0.2, -0.15) is 4.99 Å². The summed E-state index contributed by atoms with van der Waals surface area (Å²) in [6.07, 6.45) is 0. The number of carbonyl (C=O) groups excluding carboxylic acids is 3. The van der Waals surface area contributed by atoms with Gasteiger partial charge in [0.1, 0.15) is 17.7 Å². The van der Waals surface area contributed by atoms with Crippen LogP contribution >= 0.6 is 11.3 Å². The number of methoxy groups -OCH3 is 2.